The molecule has 1 unspecified atom stereocenters. The van der Waals surface area contributed by atoms with Gasteiger partial charge in [0, 0.05) is 37.3 Å². The molecule has 2 heterocycles. The first-order valence-corrected chi connectivity index (χ1v) is 11.7. The van der Waals surface area contributed by atoms with Crippen LogP contribution in [0, 0.1) is 0 Å². The van der Waals surface area contributed by atoms with Crippen LogP contribution in [0.5, 0.6) is 0 Å². The lowest BCUT2D eigenvalue weighted by Crippen LogP contribution is -2.36. The molecule has 0 aromatic heterocycles. The van der Waals surface area contributed by atoms with Gasteiger partial charge in [0.1, 0.15) is 0 Å². The molecule has 2 fully saturated rings. The molecule has 2 aromatic rings. The molecule has 2 aliphatic rings. The number of carboxylic acids is 2. The second kappa shape index (κ2) is 12.1. The summed E-state index contributed by atoms with van der Waals surface area (Å²) in [6.45, 7) is 3.73. The van der Waals surface area contributed by atoms with Gasteiger partial charge in [-0.05, 0) is 61.4 Å². The molecule has 9 heteroatoms. The largest absolute Gasteiger partial charge is 0.473 e. The summed E-state index contributed by atoms with van der Waals surface area (Å²) in [5, 5.41) is 14.8. The Kier molecular flexibility index (Phi) is 8.97. The van der Waals surface area contributed by atoms with E-state index < -0.39 is 11.9 Å². The number of rotatable bonds is 6. The zero-order chi connectivity index (χ0) is 25.4. The minimum absolute atomic E-state index is 0.244. The van der Waals surface area contributed by atoms with Crippen LogP contribution in [0.3, 0.4) is 0 Å². The molecule has 2 aliphatic heterocycles. The standard InChI is InChI=1S/C24H29N3O2.C2H2O4/c25-24(29)21-9-3-2-8-20(21)19-13-16-26(17-19)15-12-18-7-1-4-10-22(18)27-14-6-5-11-23(27)28;3-1(4)2(5)6/h1-4,7-10,19H,5-6,11-17H2,(H2,25,29);(H,3,4)(H,5,6). The van der Waals surface area contributed by atoms with Crippen LogP contribution >= 0.6 is 0 Å². The Bertz CT molecular complexity index is 1070. The number of likely N-dealkylation sites (tertiary alicyclic amines) is 1. The van der Waals surface area contributed by atoms with Crippen molar-refractivity contribution in [3.8, 4) is 0 Å². The van der Waals surface area contributed by atoms with Crippen molar-refractivity contribution < 1.29 is 29.4 Å². The lowest BCUT2D eigenvalue weighted by molar-refractivity contribution is -0.159. The fourth-order valence-electron chi connectivity index (χ4n) is 4.69. The lowest BCUT2D eigenvalue weighted by Gasteiger charge is -2.29. The fraction of sp³-hybridized carbons (Fsp3) is 0.385. The van der Waals surface area contributed by atoms with Crippen LogP contribution in [0.15, 0.2) is 48.5 Å². The second-order valence-electron chi connectivity index (χ2n) is 8.73. The van der Waals surface area contributed by atoms with Crippen LogP contribution in [0.1, 0.15) is 53.1 Å². The first-order chi connectivity index (χ1) is 16.8. The number of anilines is 1. The minimum atomic E-state index is -1.82. The van der Waals surface area contributed by atoms with E-state index in [4.69, 9.17) is 25.5 Å². The summed E-state index contributed by atoms with van der Waals surface area (Å²) in [6, 6.07) is 16.0. The molecule has 2 saturated heterocycles. The summed E-state index contributed by atoms with van der Waals surface area (Å²) in [6.07, 6.45) is 4.69. The molecule has 0 spiro atoms. The van der Waals surface area contributed by atoms with E-state index in [1.807, 2.05) is 35.2 Å². The average Bonchev–Trinajstić information content (AvgIpc) is 3.32. The van der Waals surface area contributed by atoms with Crippen molar-refractivity contribution in [1.29, 1.82) is 0 Å². The molecule has 2 amide bonds. The number of para-hydroxylation sites is 1. The van der Waals surface area contributed by atoms with Gasteiger partial charge in [-0.25, -0.2) is 9.59 Å². The van der Waals surface area contributed by atoms with Crippen molar-refractivity contribution in [2.24, 2.45) is 5.73 Å². The number of aliphatic carboxylic acids is 2. The number of nitrogens with zero attached hydrogens (tertiary/aromatic N) is 2. The molecular weight excluding hydrogens is 450 g/mol. The highest BCUT2D eigenvalue weighted by Crippen LogP contribution is 2.30. The van der Waals surface area contributed by atoms with E-state index in [1.54, 1.807) is 0 Å². The number of benzene rings is 2. The van der Waals surface area contributed by atoms with E-state index >= 15 is 0 Å². The number of hydrogen-bond donors (Lipinski definition) is 3. The maximum Gasteiger partial charge on any atom is 0.414 e. The normalized spacial score (nSPS) is 18.0. The first-order valence-electron chi connectivity index (χ1n) is 11.7. The zero-order valence-corrected chi connectivity index (χ0v) is 19.6. The van der Waals surface area contributed by atoms with E-state index in [1.165, 1.54) is 5.56 Å². The average molecular weight is 482 g/mol. The van der Waals surface area contributed by atoms with Crippen LogP contribution in [-0.4, -0.2) is 65.0 Å². The third-order valence-electron chi connectivity index (χ3n) is 6.42. The summed E-state index contributed by atoms with van der Waals surface area (Å²) in [5.41, 5.74) is 9.60. The van der Waals surface area contributed by atoms with Gasteiger partial charge in [-0.1, -0.05) is 36.4 Å². The van der Waals surface area contributed by atoms with Crippen molar-refractivity contribution in [2.45, 2.75) is 38.0 Å². The lowest BCUT2D eigenvalue weighted by atomic mass is 9.93. The van der Waals surface area contributed by atoms with Crippen molar-refractivity contribution in [1.82, 2.24) is 4.90 Å². The summed E-state index contributed by atoms with van der Waals surface area (Å²) in [7, 11) is 0. The van der Waals surface area contributed by atoms with Crippen LogP contribution in [0.25, 0.3) is 0 Å². The third-order valence-corrected chi connectivity index (χ3v) is 6.42. The van der Waals surface area contributed by atoms with Gasteiger partial charge in [-0.2, -0.15) is 0 Å². The number of carboxylic acid groups (broad SMARTS) is 2. The SMILES string of the molecule is NC(=O)c1ccccc1C1CCN(CCc2ccccc2N2CCCCC2=O)C1.O=C(O)C(=O)O. The van der Waals surface area contributed by atoms with Gasteiger partial charge >= 0.3 is 11.9 Å². The van der Waals surface area contributed by atoms with Crippen LogP contribution in [0.2, 0.25) is 0 Å². The van der Waals surface area contributed by atoms with Crippen molar-refractivity contribution >= 4 is 29.4 Å². The van der Waals surface area contributed by atoms with Crippen molar-refractivity contribution in [3.05, 3.63) is 65.2 Å². The highest BCUT2D eigenvalue weighted by molar-refractivity contribution is 6.27. The predicted molar refractivity (Wildman–Crippen MR) is 130 cm³/mol. The summed E-state index contributed by atoms with van der Waals surface area (Å²) >= 11 is 0. The summed E-state index contributed by atoms with van der Waals surface area (Å²) < 4.78 is 0. The van der Waals surface area contributed by atoms with E-state index in [-0.39, 0.29) is 11.8 Å². The van der Waals surface area contributed by atoms with E-state index in [0.717, 1.165) is 63.1 Å². The molecule has 1 atom stereocenters. The van der Waals surface area contributed by atoms with Gasteiger partial charge < -0.3 is 25.7 Å². The van der Waals surface area contributed by atoms with Gasteiger partial charge in [0.05, 0.1) is 0 Å². The van der Waals surface area contributed by atoms with Crippen LogP contribution in [-0.2, 0) is 20.8 Å². The Morgan fingerprint density at radius 1 is 0.943 bits per heavy atom. The molecular formula is C26H31N3O6. The predicted octanol–water partition coefficient (Wildman–Crippen LogP) is 2.49. The quantitative estimate of drug-likeness (QED) is 0.538. The molecule has 4 N–H and O–H groups in total. The van der Waals surface area contributed by atoms with Crippen molar-refractivity contribution in [3.63, 3.8) is 0 Å². The number of hydrogen-bond acceptors (Lipinski definition) is 5. The monoisotopic (exact) mass is 481 g/mol. The van der Waals surface area contributed by atoms with Gasteiger partial charge in [0.2, 0.25) is 11.8 Å². The zero-order valence-electron chi connectivity index (χ0n) is 19.6. The smallest absolute Gasteiger partial charge is 0.414 e. The Labute approximate surface area is 204 Å². The van der Waals surface area contributed by atoms with Crippen LogP contribution < -0.4 is 10.6 Å². The molecule has 0 bridgehead atoms. The maximum atomic E-state index is 12.4. The Morgan fingerprint density at radius 2 is 1.63 bits per heavy atom. The Hall–Kier alpha value is -3.72. The van der Waals surface area contributed by atoms with Gasteiger partial charge in [-0.15, -0.1) is 0 Å². The molecule has 4 rings (SSSR count). The fourth-order valence-corrected chi connectivity index (χ4v) is 4.69. The van der Waals surface area contributed by atoms with Gasteiger partial charge in [-0.3, -0.25) is 9.59 Å². The molecule has 35 heavy (non-hydrogen) atoms. The van der Waals surface area contributed by atoms with Crippen molar-refractivity contribution in [2.75, 3.05) is 31.1 Å². The molecule has 0 aliphatic carbocycles. The molecule has 9 nitrogen and oxygen atoms in total. The number of amides is 2. The number of carbonyl (C=O) groups is 4. The highest BCUT2D eigenvalue weighted by Gasteiger charge is 2.27. The number of nitrogens with two attached hydrogens (primary N) is 1. The first kappa shape index (κ1) is 25.9. The maximum absolute atomic E-state index is 12.4. The number of primary amides is 1. The molecule has 0 radical (unpaired) electrons. The van der Waals surface area contributed by atoms with Gasteiger partial charge in [0.15, 0.2) is 0 Å². The van der Waals surface area contributed by atoms with E-state index in [2.05, 4.69) is 23.1 Å². The topological polar surface area (TPSA) is 141 Å². The third kappa shape index (κ3) is 6.89. The Balaban J connectivity index is 0.000000509. The second-order valence-corrected chi connectivity index (χ2v) is 8.73. The van der Waals surface area contributed by atoms with Gasteiger partial charge in [0.25, 0.3) is 0 Å². The molecule has 2 aromatic carbocycles. The van der Waals surface area contributed by atoms with Crippen LogP contribution in [0.4, 0.5) is 5.69 Å². The molecule has 0 saturated carbocycles. The van der Waals surface area contributed by atoms with E-state index in [0.29, 0.717) is 17.9 Å². The summed E-state index contributed by atoms with van der Waals surface area (Å²) in [5.74, 6) is -3.41. The van der Waals surface area contributed by atoms with E-state index in [9.17, 15) is 9.59 Å². The molecule has 186 valence electrons. The minimum Gasteiger partial charge on any atom is -0.473 e. The summed E-state index contributed by atoms with van der Waals surface area (Å²) in [4.78, 5) is 46.8. The number of piperidine rings is 1. The highest BCUT2D eigenvalue weighted by atomic mass is 16.4. The number of carbonyl (C=O) groups excluding carboxylic acids is 2. The Morgan fingerprint density at radius 3 is 2.31 bits per heavy atom.